The molecular formula is C26H21N5O3S. The molecular weight excluding hydrogens is 462 g/mol. The van der Waals surface area contributed by atoms with E-state index in [2.05, 4.69) is 20.6 Å². The van der Waals surface area contributed by atoms with Gasteiger partial charge in [-0.25, -0.2) is 4.68 Å². The van der Waals surface area contributed by atoms with Crippen molar-refractivity contribution in [3.05, 3.63) is 94.6 Å². The Balaban J connectivity index is 1.16. The number of benzene rings is 2. The molecule has 2 aromatic carbocycles. The molecule has 1 amide bonds. The number of carbonyl (C=O) groups is 1. The molecule has 0 atom stereocenters. The molecule has 0 saturated carbocycles. The number of rotatable bonds is 8. The van der Waals surface area contributed by atoms with Crippen molar-refractivity contribution in [3.63, 3.8) is 0 Å². The van der Waals surface area contributed by atoms with E-state index >= 15 is 0 Å². The molecule has 0 saturated heterocycles. The quantitative estimate of drug-likeness (QED) is 0.337. The van der Waals surface area contributed by atoms with Crippen LogP contribution in [0.25, 0.3) is 32.6 Å². The Morgan fingerprint density at radius 1 is 0.914 bits per heavy atom. The van der Waals surface area contributed by atoms with Crippen LogP contribution in [0.5, 0.6) is 5.88 Å². The predicted octanol–water partition coefficient (Wildman–Crippen LogP) is 3.78. The Morgan fingerprint density at radius 2 is 1.77 bits per heavy atom. The van der Waals surface area contributed by atoms with Crippen LogP contribution in [0.2, 0.25) is 0 Å². The van der Waals surface area contributed by atoms with Gasteiger partial charge in [-0.2, -0.15) is 5.10 Å². The molecule has 0 aliphatic carbocycles. The van der Waals surface area contributed by atoms with E-state index < -0.39 is 0 Å². The molecule has 9 heteroatoms. The van der Waals surface area contributed by atoms with E-state index in [1.54, 1.807) is 23.5 Å². The number of thiophene rings is 1. The molecule has 0 radical (unpaired) electrons. The first-order chi connectivity index (χ1) is 17.2. The zero-order chi connectivity index (χ0) is 24.0. The van der Waals surface area contributed by atoms with E-state index in [9.17, 15) is 9.59 Å². The van der Waals surface area contributed by atoms with Gasteiger partial charge in [-0.05, 0) is 40.4 Å². The largest absolute Gasteiger partial charge is 0.475 e. The average Bonchev–Trinajstić information content (AvgIpc) is 3.43. The van der Waals surface area contributed by atoms with Crippen LogP contribution in [-0.4, -0.2) is 39.0 Å². The molecule has 8 nitrogen and oxygen atoms in total. The van der Waals surface area contributed by atoms with Crippen molar-refractivity contribution in [1.82, 2.24) is 25.3 Å². The van der Waals surface area contributed by atoms with E-state index in [0.717, 1.165) is 31.6 Å². The van der Waals surface area contributed by atoms with Gasteiger partial charge in [0.15, 0.2) is 0 Å². The smallest absolute Gasteiger partial charge is 0.267 e. The molecule has 0 fully saturated rings. The van der Waals surface area contributed by atoms with Crippen molar-refractivity contribution in [2.45, 2.75) is 6.54 Å². The second-order valence-electron chi connectivity index (χ2n) is 7.71. The fourth-order valence-corrected chi connectivity index (χ4v) is 4.25. The van der Waals surface area contributed by atoms with Gasteiger partial charge < -0.3 is 10.1 Å². The molecule has 174 valence electrons. The van der Waals surface area contributed by atoms with Crippen molar-refractivity contribution >= 4 is 28.0 Å². The minimum absolute atomic E-state index is 0.185. The number of fused-ring (bicyclic) bond motifs is 1. The van der Waals surface area contributed by atoms with Crippen LogP contribution in [-0.2, 0) is 11.3 Å². The molecule has 0 unspecified atom stereocenters. The zero-order valence-electron chi connectivity index (χ0n) is 18.6. The zero-order valence-corrected chi connectivity index (χ0v) is 19.4. The normalized spacial score (nSPS) is 10.9. The first-order valence-electron chi connectivity index (χ1n) is 11.0. The highest BCUT2D eigenvalue weighted by Crippen LogP contribution is 2.23. The maximum Gasteiger partial charge on any atom is 0.267 e. The van der Waals surface area contributed by atoms with Gasteiger partial charge in [0.25, 0.3) is 5.56 Å². The summed E-state index contributed by atoms with van der Waals surface area (Å²) in [6.45, 7) is 0.292. The summed E-state index contributed by atoms with van der Waals surface area (Å²) < 4.78 is 6.71. The van der Waals surface area contributed by atoms with Crippen molar-refractivity contribution < 1.29 is 9.53 Å². The number of amides is 1. The first-order valence-corrected chi connectivity index (χ1v) is 11.9. The van der Waals surface area contributed by atoms with Crippen LogP contribution in [0.3, 0.4) is 0 Å². The van der Waals surface area contributed by atoms with E-state index in [4.69, 9.17) is 4.74 Å². The van der Waals surface area contributed by atoms with Crippen LogP contribution in [0.1, 0.15) is 0 Å². The molecule has 0 spiro atoms. The maximum atomic E-state index is 12.4. The number of aromatic nitrogens is 4. The summed E-state index contributed by atoms with van der Waals surface area (Å²) in [6.07, 6.45) is 0. The molecule has 0 aliphatic heterocycles. The van der Waals surface area contributed by atoms with Gasteiger partial charge in [-0.3, -0.25) is 9.59 Å². The van der Waals surface area contributed by atoms with Gasteiger partial charge in [0.05, 0.1) is 17.1 Å². The van der Waals surface area contributed by atoms with Gasteiger partial charge in [0, 0.05) is 17.7 Å². The number of hydrogen-bond donors (Lipinski definition) is 1. The summed E-state index contributed by atoms with van der Waals surface area (Å²) in [6, 6.07) is 24.6. The summed E-state index contributed by atoms with van der Waals surface area (Å²) in [5.74, 6) is 0.0403. The summed E-state index contributed by atoms with van der Waals surface area (Å²) in [5, 5.41) is 19.5. The lowest BCUT2D eigenvalue weighted by molar-refractivity contribution is -0.122. The number of nitrogens with zero attached hydrogens (tertiary/aromatic N) is 4. The Bertz CT molecular complexity index is 1510. The van der Waals surface area contributed by atoms with Crippen molar-refractivity contribution in [1.29, 1.82) is 0 Å². The lowest BCUT2D eigenvalue weighted by Crippen LogP contribution is -2.35. The van der Waals surface area contributed by atoms with Gasteiger partial charge in [0.1, 0.15) is 18.8 Å². The third-order valence-corrected chi connectivity index (χ3v) is 6.19. The van der Waals surface area contributed by atoms with Crippen LogP contribution in [0.15, 0.2) is 89.0 Å². The van der Waals surface area contributed by atoms with Crippen LogP contribution >= 0.6 is 11.3 Å². The number of carbonyl (C=O) groups excluding carboxylic acids is 1. The second-order valence-corrected chi connectivity index (χ2v) is 8.66. The first kappa shape index (κ1) is 22.4. The van der Waals surface area contributed by atoms with Gasteiger partial charge in [-0.1, -0.05) is 42.5 Å². The lowest BCUT2D eigenvalue weighted by Gasteiger charge is -2.09. The number of ether oxygens (including phenoxy) is 1. The van der Waals surface area contributed by atoms with Gasteiger partial charge in [-0.15, -0.1) is 21.5 Å². The molecule has 5 rings (SSSR count). The standard InChI is InChI=1S/C26H21N5O3S/c32-24(27-13-14-34-25-11-9-22(28-29-25)23-6-3-15-35-23)17-31-26(33)12-10-21(30-31)20-8-7-18-4-1-2-5-19(18)16-20/h1-12,15-16H,13-14,17H2,(H,27,32). The van der Waals surface area contributed by atoms with Crippen LogP contribution < -0.4 is 15.6 Å². The summed E-state index contributed by atoms with van der Waals surface area (Å²) >= 11 is 1.59. The lowest BCUT2D eigenvalue weighted by atomic mass is 10.1. The third-order valence-electron chi connectivity index (χ3n) is 5.29. The minimum Gasteiger partial charge on any atom is -0.475 e. The van der Waals surface area contributed by atoms with E-state index in [1.807, 2.05) is 66.0 Å². The van der Waals surface area contributed by atoms with Crippen LogP contribution in [0, 0.1) is 0 Å². The summed E-state index contributed by atoms with van der Waals surface area (Å²) in [7, 11) is 0. The van der Waals surface area contributed by atoms with Crippen molar-refractivity contribution in [2.75, 3.05) is 13.2 Å². The molecule has 3 aromatic heterocycles. The predicted molar refractivity (Wildman–Crippen MR) is 135 cm³/mol. The topological polar surface area (TPSA) is 99.0 Å². The Morgan fingerprint density at radius 3 is 2.57 bits per heavy atom. The molecule has 3 heterocycles. The van der Waals surface area contributed by atoms with Gasteiger partial charge >= 0.3 is 0 Å². The molecule has 0 bridgehead atoms. The summed E-state index contributed by atoms with van der Waals surface area (Å²) in [4.78, 5) is 25.7. The fraction of sp³-hybridized carbons (Fsp3) is 0.115. The van der Waals surface area contributed by atoms with Crippen molar-refractivity contribution in [3.8, 4) is 27.7 Å². The molecule has 1 N–H and O–H groups in total. The van der Waals surface area contributed by atoms with Crippen molar-refractivity contribution in [2.24, 2.45) is 0 Å². The minimum atomic E-state index is -0.345. The molecule has 0 aliphatic rings. The van der Waals surface area contributed by atoms with Crippen LogP contribution in [0.4, 0.5) is 0 Å². The van der Waals surface area contributed by atoms with E-state index in [0.29, 0.717) is 11.6 Å². The third kappa shape index (κ3) is 5.42. The SMILES string of the molecule is O=C(Cn1nc(-c2ccc3ccccc3c2)ccc1=O)NCCOc1ccc(-c2cccs2)nn1. The molecule has 35 heavy (non-hydrogen) atoms. The Labute approximate surface area is 204 Å². The maximum absolute atomic E-state index is 12.4. The van der Waals surface area contributed by atoms with E-state index in [-0.39, 0.29) is 31.2 Å². The highest BCUT2D eigenvalue weighted by Gasteiger charge is 2.09. The Hall–Kier alpha value is -4.37. The highest BCUT2D eigenvalue weighted by molar-refractivity contribution is 7.13. The number of nitrogens with one attached hydrogen (secondary N) is 1. The Kier molecular flexibility index (Phi) is 6.58. The van der Waals surface area contributed by atoms with Gasteiger partial charge in [0.2, 0.25) is 11.8 Å². The average molecular weight is 484 g/mol. The monoisotopic (exact) mass is 483 g/mol. The fourth-order valence-electron chi connectivity index (χ4n) is 3.56. The second kappa shape index (κ2) is 10.3. The number of hydrogen-bond acceptors (Lipinski definition) is 7. The van der Waals surface area contributed by atoms with E-state index in [1.165, 1.54) is 6.07 Å². The summed E-state index contributed by atoms with van der Waals surface area (Å²) in [5.41, 5.74) is 1.93. The highest BCUT2D eigenvalue weighted by atomic mass is 32.1. The molecule has 5 aromatic rings.